The highest BCUT2D eigenvalue weighted by Gasteiger charge is 2.11. The molecule has 3 rings (SSSR count). The average molecular weight is 300 g/mol. The predicted octanol–water partition coefficient (Wildman–Crippen LogP) is 3.78. The minimum Gasteiger partial charge on any atom is -0.258 e. The van der Waals surface area contributed by atoms with E-state index in [1.165, 1.54) is 12.1 Å². The molecule has 0 bridgehead atoms. The Kier molecular flexibility index (Phi) is 3.50. The van der Waals surface area contributed by atoms with Gasteiger partial charge in [0.25, 0.3) is 5.69 Å². The number of halogens is 1. The number of para-hydroxylation sites is 1. The van der Waals surface area contributed by atoms with E-state index >= 15 is 0 Å². The number of rotatable bonds is 3. The Morgan fingerprint density at radius 1 is 1.19 bits per heavy atom. The van der Waals surface area contributed by atoms with Crippen LogP contribution in [0.15, 0.2) is 48.7 Å². The Labute approximate surface area is 125 Å². The van der Waals surface area contributed by atoms with Crippen LogP contribution in [0.1, 0.15) is 11.3 Å². The van der Waals surface area contributed by atoms with Crippen molar-refractivity contribution in [3.63, 3.8) is 0 Å². The largest absolute Gasteiger partial charge is 0.274 e. The standard InChI is InChI=1S/C15H10ClN3O2/c16-15-9-12(19(20)21)8-11(18-15)7-10-5-6-17-14-4-2-1-3-13(10)14/h1-6,8-9H,7H2. The highest BCUT2D eigenvalue weighted by molar-refractivity contribution is 6.29. The lowest BCUT2D eigenvalue weighted by atomic mass is 10.0. The van der Waals surface area contributed by atoms with E-state index in [0.29, 0.717) is 12.1 Å². The quantitative estimate of drug-likeness (QED) is 0.419. The van der Waals surface area contributed by atoms with Crippen molar-refractivity contribution >= 4 is 28.2 Å². The molecule has 0 atom stereocenters. The van der Waals surface area contributed by atoms with E-state index in [9.17, 15) is 10.1 Å². The molecule has 0 unspecified atom stereocenters. The number of pyridine rings is 2. The third kappa shape index (κ3) is 2.83. The lowest BCUT2D eigenvalue weighted by molar-refractivity contribution is -0.385. The summed E-state index contributed by atoms with van der Waals surface area (Å²) in [5.74, 6) is 0. The summed E-state index contributed by atoms with van der Waals surface area (Å²) in [7, 11) is 0. The van der Waals surface area contributed by atoms with Gasteiger partial charge in [0.1, 0.15) is 5.15 Å². The molecule has 0 N–H and O–H groups in total. The van der Waals surface area contributed by atoms with Crippen molar-refractivity contribution in [1.29, 1.82) is 0 Å². The summed E-state index contributed by atoms with van der Waals surface area (Å²) in [6, 6.07) is 12.3. The van der Waals surface area contributed by atoms with Crippen LogP contribution in [-0.4, -0.2) is 14.9 Å². The van der Waals surface area contributed by atoms with Gasteiger partial charge in [-0.3, -0.25) is 15.1 Å². The van der Waals surface area contributed by atoms with Gasteiger partial charge in [-0.05, 0) is 17.7 Å². The monoisotopic (exact) mass is 299 g/mol. The number of hydrogen-bond donors (Lipinski definition) is 0. The second-order valence-electron chi connectivity index (χ2n) is 4.56. The predicted molar refractivity (Wildman–Crippen MR) is 80.5 cm³/mol. The van der Waals surface area contributed by atoms with Gasteiger partial charge in [-0.1, -0.05) is 29.8 Å². The zero-order valence-electron chi connectivity index (χ0n) is 10.9. The van der Waals surface area contributed by atoms with Gasteiger partial charge in [-0.15, -0.1) is 0 Å². The van der Waals surface area contributed by atoms with Crippen molar-refractivity contribution in [2.75, 3.05) is 0 Å². The van der Waals surface area contributed by atoms with Crippen LogP contribution in [0.25, 0.3) is 10.9 Å². The van der Waals surface area contributed by atoms with Crippen LogP contribution in [0.3, 0.4) is 0 Å². The second kappa shape index (κ2) is 5.46. The fourth-order valence-corrected chi connectivity index (χ4v) is 2.46. The molecule has 0 fully saturated rings. The summed E-state index contributed by atoms with van der Waals surface area (Å²) in [5, 5.41) is 12.0. The topological polar surface area (TPSA) is 68.9 Å². The van der Waals surface area contributed by atoms with Gasteiger partial charge in [0, 0.05) is 24.1 Å². The Morgan fingerprint density at radius 3 is 2.81 bits per heavy atom. The Balaban J connectivity index is 2.05. The Morgan fingerprint density at radius 2 is 2.00 bits per heavy atom. The molecule has 0 saturated heterocycles. The summed E-state index contributed by atoms with van der Waals surface area (Å²) in [6.45, 7) is 0. The molecule has 0 saturated carbocycles. The minimum atomic E-state index is -0.471. The zero-order valence-corrected chi connectivity index (χ0v) is 11.6. The number of hydrogen-bond acceptors (Lipinski definition) is 4. The number of fused-ring (bicyclic) bond motifs is 1. The molecule has 2 aromatic heterocycles. The first-order valence-corrected chi connectivity index (χ1v) is 6.65. The van der Waals surface area contributed by atoms with Crippen molar-refractivity contribution in [1.82, 2.24) is 9.97 Å². The molecular formula is C15H10ClN3O2. The SMILES string of the molecule is O=[N+]([O-])c1cc(Cl)nc(Cc2ccnc3ccccc23)c1. The maximum atomic E-state index is 10.9. The van der Waals surface area contributed by atoms with Gasteiger partial charge < -0.3 is 0 Å². The van der Waals surface area contributed by atoms with E-state index in [2.05, 4.69) is 9.97 Å². The maximum Gasteiger partial charge on any atom is 0.274 e. The molecule has 0 spiro atoms. The van der Waals surface area contributed by atoms with E-state index in [1.54, 1.807) is 6.20 Å². The molecular weight excluding hydrogens is 290 g/mol. The van der Waals surface area contributed by atoms with Crippen LogP contribution in [0.2, 0.25) is 5.15 Å². The smallest absolute Gasteiger partial charge is 0.258 e. The van der Waals surface area contributed by atoms with Crippen LogP contribution in [0.4, 0.5) is 5.69 Å². The lowest BCUT2D eigenvalue weighted by Crippen LogP contribution is -1.97. The summed E-state index contributed by atoms with van der Waals surface area (Å²) in [5.41, 5.74) is 2.39. The lowest BCUT2D eigenvalue weighted by Gasteiger charge is -2.06. The molecule has 0 aliphatic heterocycles. The van der Waals surface area contributed by atoms with Crippen LogP contribution in [0.5, 0.6) is 0 Å². The molecule has 21 heavy (non-hydrogen) atoms. The summed E-state index contributed by atoms with van der Waals surface area (Å²) < 4.78 is 0. The van der Waals surface area contributed by atoms with Gasteiger partial charge in [0.15, 0.2) is 0 Å². The van der Waals surface area contributed by atoms with Crippen molar-refractivity contribution in [3.05, 3.63) is 75.2 Å². The molecule has 5 nitrogen and oxygen atoms in total. The average Bonchev–Trinajstić information content (AvgIpc) is 2.47. The Bertz CT molecular complexity index is 831. The molecule has 104 valence electrons. The first-order chi connectivity index (χ1) is 10.1. The molecule has 3 aromatic rings. The first kappa shape index (κ1) is 13.5. The molecule has 2 heterocycles. The van der Waals surface area contributed by atoms with E-state index in [1.807, 2.05) is 30.3 Å². The van der Waals surface area contributed by atoms with Crippen molar-refractivity contribution in [2.45, 2.75) is 6.42 Å². The summed E-state index contributed by atoms with van der Waals surface area (Å²) >= 11 is 5.85. The molecule has 0 radical (unpaired) electrons. The molecule has 6 heteroatoms. The highest BCUT2D eigenvalue weighted by Crippen LogP contribution is 2.22. The summed E-state index contributed by atoms with van der Waals surface area (Å²) in [6.07, 6.45) is 2.18. The van der Waals surface area contributed by atoms with Crippen LogP contribution >= 0.6 is 11.6 Å². The molecule has 0 aliphatic rings. The normalized spacial score (nSPS) is 10.7. The molecule has 0 amide bonds. The van der Waals surface area contributed by atoms with E-state index in [4.69, 9.17) is 11.6 Å². The molecule has 1 aromatic carbocycles. The van der Waals surface area contributed by atoms with Crippen LogP contribution < -0.4 is 0 Å². The van der Waals surface area contributed by atoms with Crippen molar-refractivity contribution in [2.24, 2.45) is 0 Å². The number of nitrogens with zero attached hydrogens (tertiary/aromatic N) is 3. The fraction of sp³-hybridized carbons (Fsp3) is 0.0667. The van der Waals surface area contributed by atoms with Crippen LogP contribution in [-0.2, 0) is 6.42 Å². The number of nitro groups is 1. The second-order valence-corrected chi connectivity index (χ2v) is 4.95. The number of aromatic nitrogens is 2. The molecule has 0 aliphatic carbocycles. The van der Waals surface area contributed by atoms with Gasteiger partial charge >= 0.3 is 0 Å². The van der Waals surface area contributed by atoms with E-state index < -0.39 is 4.92 Å². The van der Waals surface area contributed by atoms with Gasteiger partial charge in [-0.2, -0.15) is 0 Å². The first-order valence-electron chi connectivity index (χ1n) is 6.27. The van der Waals surface area contributed by atoms with Gasteiger partial charge in [0.05, 0.1) is 22.2 Å². The van der Waals surface area contributed by atoms with E-state index in [-0.39, 0.29) is 10.8 Å². The van der Waals surface area contributed by atoms with Gasteiger partial charge in [-0.25, -0.2) is 4.98 Å². The third-order valence-electron chi connectivity index (χ3n) is 3.15. The maximum absolute atomic E-state index is 10.9. The zero-order chi connectivity index (χ0) is 14.8. The third-order valence-corrected chi connectivity index (χ3v) is 3.35. The fourth-order valence-electron chi connectivity index (χ4n) is 2.24. The summed E-state index contributed by atoms with van der Waals surface area (Å²) in [4.78, 5) is 18.9. The van der Waals surface area contributed by atoms with Crippen molar-refractivity contribution in [3.8, 4) is 0 Å². The highest BCUT2D eigenvalue weighted by atomic mass is 35.5. The Hall–Kier alpha value is -2.53. The van der Waals surface area contributed by atoms with E-state index in [0.717, 1.165) is 16.5 Å². The van der Waals surface area contributed by atoms with Crippen LogP contribution in [0, 0.1) is 10.1 Å². The number of benzene rings is 1. The van der Waals surface area contributed by atoms with Crippen molar-refractivity contribution < 1.29 is 4.92 Å². The minimum absolute atomic E-state index is 0.0524. The van der Waals surface area contributed by atoms with Gasteiger partial charge in [0.2, 0.25) is 0 Å².